The standard InChI is InChI=1S/C12H23NOS/c14-12(5-7-15-8-6-12)10-13-9-11-3-1-2-4-11/h11,13-14H,1-10H2. The Labute approximate surface area is 97.2 Å². The Hall–Kier alpha value is 0.270. The van der Waals surface area contributed by atoms with Crippen LogP contribution in [0.15, 0.2) is 0 Å². The fourth-order valence-corrected chi connectivity index (χ4v) is 3.90. The summed E-state index contributed by atoms with van der Waals surface area (Å²) in [5.41, 5.74) is -0.399. The van der Waals surface area contributed by atoms with Gasteiger partial charge in [0.2, 0.25) is 0 Å². The van der Waals surface area contributed by atoms with Crippen molar-refractivity contribution in [2.75, 3.05) is 24.6 Å². The topological polar surface area (TPSA) is 32.3 Å². The van der Waals surface area contributed by atoms with E-state index in [1.807, 2.05) is 11.8 Å². The summed E-state index contributed by atoms with van der Waals surface area (Å²) in [7, 11) is 0. The average molecular weight is 229 g/mol. The second-order valence-corrected chi connectivity index (χ2v) is 6.34. The third kappa shape index (κ3) is 3.65. The van der Waals surface area contributed by atoms with Gasteiger partial charge in [0.1, 0.15) is 0 Å². The zero-order valence-corrected chi connectivity index (χ0v) is 10.3. The summed E-state index contributed by atoms with van der Waals surface area (Å²) in [6.45, 7) is 1.93. The molecule has 3 heteroatoms. The molecule has 1 heterocycles. The quantitative estimate of drug-likeness (QED) is 0.773. The highest BCUT2D eigenvalue weighted by Crippen LogP contribution is 2.27. The lowest BCUT2D eigenvalue weighted by atomic mass is 9.96. The zero-order valence-electron chi connectivity index (χ0n) is 9.50. The predicted molar refractivity (Wildman–Crippen MR) is 66.3 cm³/mol. The molecule has 15 heavy (non-hydrogen) atoms. The smallest absolute Gasteiger partial charge is 0.0787 e. The molecule has 0 aromatic carbocycles. The van der Waals surface area contributed by atoms with Crippen LogP contribution in [0.4, 0.5) is 0 Å². The first kappa shape index (κ1) is 11.7. The molecule has 0 amide bonds. The predicted octanol–water partition coefficient (Wildman–Crippen LogP) is 2.02. The molecule has 2 N–H and O–H groups in total. The zero-order chi connectivity index (χ0) is 10.6. The highest BCUT2D eigenvalue weighted by molar-refractivity contribution is 7.99. The fourth-order valence-electron chi connectivity index (χ4n) is 2.65. The van der Waals surface area contributed by atoms with Crippen molar-refractivity contribution in [3.8, 4) is 0 Å². The average Bonchev–Trinajstić information content (AvgIpc) is 2.71. The molecular formula is C12H23NOS. The molecule has 1 aliphatic carbocycles. The van der Waals surface area contributed by atoms with Crippen molar-refractivity contribution in [3.05, 3.63) is 0 Å². The lowest BCUT2D eigenvalue weighted by Crippen LogP contribution is -2.44. The van der Waals surface area contributed by atoms with E-state index in [0.717, 1.165) is 43.4 Å². The Morgan fingerprint density at radius 1 is 1.20 bits per heavy atom. The summed E-state index contributed by atoms with van der Waals surface area (Å²) >= 11 is 1.97. The lowest BCUT2D eigenvalue weighted by Gasteiger charge is -2.32. The van der Waals surface area contributed by atoms with Gasteiger partial charge in [0.05, 0.1) is 5.60 Å². The van der Waals surface area contributed by atoms with Gasteiger partial charge in [-0.2, -0.15) is 11.8 Å². The SMILES string of the molecule is OC1(CNCC2CCCC2)CCSCC1. The van der Waals surface area contributed by atoms with Gasteiger partial charge < -0.3 is 10.4 Å². The maximum atomic E-state index is 10.3. The van der Waals surface area contributed by atoms with Gasteiger partial charge in [-0.05, 0) is 49.7 Å². The Kier molecular flexibility index (Phi) is 4.35. The molecule has 1 saturated heterocycles. The molecule has 0 spiro atoms. The van der Waals surface area contributed by atoms with E-state index in [0.29, 0.717) is 0 Å². The third-order valence-corrected chi connectivity index (χ3v) is 4.77. The van der Waals surface area contributed by atoms with Gasteiger partial charge in [-0.15, -0.1) is 0 Å². The largest absolute Gasteiger partial charge is 0.389 e. The van der Waals surface area contributed by atoms with Crippen LogP contribution in [0, 0.1) is 5.92 Å². The number of hydrogen-bond acceptors (Lipinski definition) is 3. The number of nitrogens with one attached hydrogen (secondary N) is 1. The van der Waals surface area contributed by atoms with Gasteiger partial charge >= 0.3 is 0 Å². The van der Waals surface area contributed by atoms with Crippen molar-refractivity contribution < 1.29 is 5.11 Å². The van der Waals surface area contributed by atoms with E-state index < -0.39 is 5.60 Å². The van der Waals surface area contributed by atoms with Crippen LogP contribution in [0.2, 0.25) is 0 Å². The van der Waals surface area contributed by atoms with Crippen LogP contribution in [-0.2, 0) is 0 Å². The molecular weight excluding hydrogens is 206 g/mol. The van der Waals surface area contributed by atoms with E-state index >= 15 is 0 Å². The van der Waals surface area contributed by atoms with Crippen LogP contribution in [0.5, 0.6) is 0 Å². The highest BCUT2D eigenvalue weighted by Gasteiger charge is 2.29. The summed E-state index contributed by atoms with van der Waals surface area (Å²) in [5.74, 6) is 3.13. The third-order valence-electron chi connectivity index (χ3n) is 3.79. The minimum atomic E-state index is -0.399. The van der Waals surface area contributed by atoms with Crippen LogP contribution in [-0.4, -0.2) is 35.3 Å². The Bertz CT molecular complexity index is 186. The Morgan fingerprint density at radius 2 is 1.87 bits per heavy atom. The maximum absolute atomic E-state index is 10.3. The van der Waals surface area contributed by atoms with Crippen LogP contribution >= 0.6 is 11.8 Å². The first-order valence-electron chi connectivity index (χ1n) is 6.29. The van der Waals surface area contributed by atoms with E-state index in [1.54, 1.807) is 0 Å². The number of aliphatic hydroxyl groups is 1. The molecule has 88 valence electrons. The molecule has 1 aliphatic heterocycles. The van der Waals surface area contributed by atoms with Crippen molar-refractivity contribution in [2.45, 2.75) is 44.1 Å². The number of hydrogen-bond donors (Lipinski definition) is 2. The van der Waals surface area contributed by atoms with Gasteiger partial charge in [-0.3, -0.25) is 0 Å². The van der Waals surface area contributed by atoms with Crippen molar-refractivity contribution >= 4 is 11.8 Å². The molecule has 0 aromatic heterocycles. The molecule has 2 rings (SSSR count). The molecule has 0 unspecified atom stereocenters. The summed E-state index contributed by atoms with van der Waals surface area (Å²) in [6.07, 6.45) is 7.54. The Balaban J connectivity index is 1.63. The summed E-state index contributed by atoms with van der Waals surface area (Å²) in [5, 5.41) is 13.7. The Morgan fingerprint density at radius 3 is 2.53 bits per heavy atom. The van der Waals surface area contributed by atoms with Gasteiger partial charge in [0.25, 0.3) is 0 Å². The lowest BCUT2D eigenvalue weighted by molar-refractivity contribution is 0.0316. The molecule has 0 bridgehead atoms. The van der Waals surface area contributed by atoms with Crippen LogP contribution in [0.1, 0.15) is 38.5 Å². The van der Waals surface area contributed by atoms with Gasteiger partial charge in [0.15, 0.2) is 0 Å². The van der Waals surface area contributed by atoms with Crippen LogP contribution in [0.25, 0.3) is 0 Å². The van der Waals surface area contributed by atoms with Gasteiger partial charge in [0, 0.05) is 6.54 Å². The summed E-state index contributed by atoms with van der Waals surface area (Å²) < 4.78 is 0. The van der Waals surface area contributed by atoms with Crippen LogP contribution < -0.4 is 5.32 Å². The van der Waals surface area contributed by atoms with E-state index in [2.05, 4.69) is 5.32 Å². The number of rotatable bonds is 4. The molecule has 0 aromatic rings. The van der Waals surface area contributed by atoms with Gasteiger partial charge in [-0.1, -0.05) is 12.8 Å². The van der Waals surface area contributed by atoms with E-state index in [-0.39, 0.29) is 0 Å². The molecule has 1 saturated carbocycles. The summed E-state index contributed by atoms with van der Waals surface area (Å²) in [6, 6.07) is 0. The first-order valence-corrected chi connectivity index (χ1v) is 7.45. The van der Waals surface area contributed by atoms with E-state index in [9.17, 15) is 5.11 Å². The molecule has 2 aliphatic rings. The minimum absolute atomic E-state index is 0.399. The van der Waals surface area contributed by atoms with E-state index in [1.165, 1.54) is 25.7 Å². The van der Waals surface area contributed by atoms with E-state index in [4.69, 9.17) is 0 Å². The monoisotopic (exact) mass is 229 g/mol. The second kappa shape index (κ2) is 5.55. The molecule has 2 nitrogen and oxygen atoms in total. The van der Waals surface area contributed by atoms with Crippen molar-refractivity contribution in [3.63, 3.8) is 0 Å². The minimum Gasteiger partial charge on any atom is -0.389 e. The second-order valence-electron chi connectivity index (χ2n) is 5.12. The molecule has 2 fully saturated rings. The molecule has 0 radical (unpaired) electrons. The highest BCUT2D eigenvalue weighted by atomic mass is 32.2. The first-order chi connectivity index (χ1) is 7.29. The normalized spacial score (nSPS) is 27.0. The van der Waals surface area contributed by atoms with Crippen molar-refractivity contribution in [1.29, 1.82) is 0 Å². The van der Waals surface area contributed by atoms with Crippen LogP contribution in [0.3, 0.4) is 0 Å². The van der Waals surface area contributed by atoms with Crippen molar-refractivity contribution in [2.24, 2.45) is 5.92 Å². The molecule has 0 atom stereocenters. The van der Waals surface area contributed by atoms with Gasteiger partial charge in [-0.25, -0.2) is 0 Å². The fraction of sp³-hybridized carbons (Fsp3) is 1.00. The van der Waals surface area contributed by atoms with Crippen molar-refractivity contribution in [1.82, 2.24) is 5.32 Å². The number of thioether (sulfide) groups is 1. The summed E-state index contributed by atoms with van der Waals surface area (Å²) in [4.78, 5) is 0. The maximum Gasteiger partial charge on any atom is 0.0787 e.